The lowest BCUT2D eigenvalue weighted by atomic mass is 9.92. The summed E-state index contributed by atoms with van der Waals surface area (Å²) < 4.78 is 5.67. The third-order valence-corrected chi connectivity index (χ3v) is 7.81. The molecule has 2 aliphatic rings. The van der Waals surface area contributed by atoms with Crippen molar-refractivity contribution >= 4 is 35.1 Å². The zero-order valence-electron chi connectivity index (χ0n) is 22.5. The van der Waals surface area contributed by atoms with E-state index in [1.165, 1.54) is 5.56 Å². The van der Waals surface area contributed by atoms with Crippen LogP contribution >= 0.6 is 11.6 Å². The van der Waals surface area contributed by atoms with Crippen LogP contribution in [0.1, 0.15) is 48.2 Å². The summed E-state index contributed by atoms with van der Waals surface area (Å²) in [7, 11) is 0. The summed E-state index contributed by atoms with van der Waals surface area (Å²) in [6, 6.07) is 7.72. The monoisotopic (exact) mass is 575 g/mol. The summed E-state index contributed by atoms with van der Waals surface area (Å²) >= 11 is 5.90. The number of piperidine rings is 2. The highest BCUT2D eigenvalue weighted by molar-refractivity contribution is 6.31. The van der Waals surface area contributed by atoms with Crippen molar-refractivity contribution in [1.82, 2.24) is 25.1 Å². The third-order valence-electron chi connectivity index (χ3n) is 7.53. The number of aliphatic hydroxyl groups is 2. The van der Waals surface area contributed by atoms with E-state index in [1.54, 1.807) is 4.90 Å². The molecule has 0 saturated carbocycles. The Labute approximate surface area is 238 Å². The smallest absolute Gasteiger partial charge is 0.274 e. The molecule has 2 amide bonds. The van der Waals surface area contributed by atoms with Crippen molar-refractivity contribution in [2.24, 2.45) is 0 Å². The number of likely N-dealkylation sites (tertiary alicyclic amines) is 2. The lowest BCUT2D eigenvalue weighted by Gasteiger charge is -2.36. The Kier molecular flexibility index (Phi) is 10.0. The number of nitrogens with zero attached hydrogens (tertiary/aromatic N) is 4. The first-order chi connectivity index (χ1) is 19.2. The van der Waals surface area contributed by atoms with E-state index in [-0.39, 0.29) is 47.6 Å². The maximum Gasteiger partial charge on any atom is 0.274 e. The maximum absolute atomic E-state index is 12.7. The van der Waals surface area contributed by atoms with Crippen molar-refractivity contribution in [3.05, 3.63) is 40.7 Å². The summed E-state index contributed by atoms with van der Waals surface area (Å²) in [5.74, 6) is 0.0316. The summed E-state index contributed by atoms with van der Waals surface area (Å²) in [5, 5.41) is 22.3. The number of rotatable bonds is 10. The van der Waals surface area contributed by atoms with Crippen LogP contribution in [0.15, 0.2) is 24.3 Å². The number of aromatic nitrogens is 2. The Bertz CT molecular complexity index is 1170. The number of benzene rings is 1. The predicted molar refractivity (Wildman–Crippen MR) is 151 cm³/mol. The average molecular weight is 576 g/mol. The lowest BCUT2D eigenvalue weighted by molar-refractivity contribution is -0.139. The molecule has 4 rings (SSSR count). The SMILES string of the molecule is Nc1nc(N)c(C(=O)NC2CCCN(CCCc3ccc(OCC(=O)N4CCC(O)(CO)CC4)cc3)C2)nc1Cl. The van der Waals surface area contributed by atoms with Crippen LogP contribution in [0.3, 0.4) is 0 Å². The molecule has 7 N–H and O–H groups in total. The van der Waals surface area contributed by atoms with Crippen LogP contribution < -0.4 is 21.5 Å². The minimum Gasteiger partial charge on any atom is -0.484 e. The molecule has 0 radical (unpaired) electrons. The molecule has 1 aromatic heterocycles. The molecule has 40 heavy (non-hydrogen) atoms. The van der Waals surface area contributed by atoms with E-state index in [9.17, 15) is 19.8 Å². The zero-order chi connectivity index (χ0) is 28.7. The van der Waals surface area contributed by atoms with E-state index in [4.69, 9.17) is 27.8 Å². The van der Waals surface area contributed by atoms with Gasteiger partial charge in [0.2, 0.25) is 0 Å². The fourth-order valence-electron chi connectivity index (χ4n) is 5.06. The van der Waals surface area contributed by atoms with Gasteiger partial charge in [-0.15, -0.1) is 0 Å². The number of amides is 2. The number of hydrogen-bond acceptors (Lipinski definition) is 10. The Morgan fingerprint density at radius 3 is 2.55 bits per heavy atom. The highest BCUT2D eigenvalue weighted by Crippen LogP contribution is 2.22. The first-order valence-corrected chi connectivity index (χ1v) is 14.0. The minimum absolute atomic E-state index is 0.00936. The predicted octanol–water partition coefficient (Wildman–Crippen LogP) is 0.846. The minimum atomic E-state index is -1.09. The standard InChI is InChI=1S/C27H38ClN7O5/c28-23-25(30)33-24(29)22(32-23)26(38)31-19-4-2-12-34(15-19)11-1-3-18-5-7-20(8-6-18)40-16-21(37)35-13-9-27(39,17-36)10-14-35/h5-8,19,36,39H,1-4,9-17H2,(H,31,38)(H4,29,30,33). The van der Waals surface area contributed by atoms with Crippen LogP contribution in [0.4, 0.5) is 11.6 Å². The summed E-state index contributed by atoms with van der Waals surface area (Å²) in [5.41, 5.74) is 11.5. The second-order valence-corrected chi connectivity index (χ2v) is 10.9. The number of nitrogen functional groups attached to an aromatic ring is 2. The van der Waals surface area contributed by atoms with E-state index in [2.05, 4.69) is 20.2 Å². The third kappa shape index (κ3) is 7.94. The number of ether oxygens (including phenoxy) is 1. The highest BCUT2D eigenvalue weighted by Gasteiger charge is 2.33. The van der Waals surface area contributed by atoms with Gasteiger partial charge in [-0.2, -0.15) is 0 Å². The quantitative estimate of drug-likeness (QED) is 0.272. The Morgan fingerprint density at radius 2 is 1.85 bits per heavy atom. The molecule has 2 aliphatic heterocycles. The van der Waals surface area contributed by atoms with Crippen LogP contribution in [-0.2, 0) is 11.2 Å². The number of carbonyl (C=O) groups is 2. The molecule has 2 saturated heterocycles. The second-order valence-electron chi connectivity index (χ2n) is 10.5. The Morgan fingerprint density at radius 1 is 1.12 bits per heavy atom. The molecule has 1 atom stereocenters. The molecular formula is C27H38ClN7O5. The van der Waals surface area contributed by atoms with Crippen molar-refractivity contribution in [2.45, 2.75) is 50.2 Å². The highest BCUT2D eigenvalue weighted by atomic mass is 35.5. The Balaban J connectivity index is 1.16. The molecule has 0 bridgehead atoms. The van der Waals surface area contributed by atoms with E-state index < -0.39 is 11.5 Å². The van der Waals surface area contributed by atoms with Gasteiger partial charge < -0.3 is 41.5 Å². The van der Waals surface area contributed by atoms with Crippen LogP contribution in [0, 0.1) is 0 Å². The number of hydrogen-bond donors (Lipinski definition) is 5. The van der Waals surface area contributed by atoms with Gasteiger partial charge in [0.25, 0.3) is 11.8 Å². The van der Waals surface area contributed by atoms with Gasteiger partial charge in [0, 0.05) is 25.7 Å². The van der Waals surface area contributed by atoms with E-state index in [0.717, 1.165) is 45.3 Å². The van der Waals surface area contributed by atoms with Gasteiger partial charge in [0.15, 0.2) is 29.1 Å². The maximum atomic E-state index is 12.7. The van der Waals surface area contributed by atoms with E-state index in [1.807, 2.05) is 24.3 Å². The normalized spacial score (nSPS) is 19.3. The van der Waals surface area contributed by atoms with Gasteiger partial charge in [0.05, 0.1) is 12.2 Å². The van der Waals surface area contributed by atoms with Crippen LogP contribution in [-0.4, -0.2) is 99.4 Å². The Hall–Kier alpha value is -3.19. The largest absolute Gasteiger partial charge is 0.484 e. The van der Waals surface area contributed by atoms with Crippen molar-refractivity contribution in [2.75, 3.05) is 57.4 Å². The number of nitrogens with one attached hydrogen (secondary N) is 1. The fraction of sp³-hybridized carbons (Fsp3) is 0.556. The van der Waals surface area contributed by atoms with Gasteiger partial charge >= 0.3 is 0 Å². The van der Waals surface area contributed by atoms with Crippen molar-refractivity contribution < 1.29 is 24.5 Å². The molecule has 218 valence electrons. The van der Waals surface area contributed by atoms with E-state index in [0.29, 0.717) is 31.7 Å². The summed E-state index contributed by atoms with van der Waals surface area (Å²) in [4.78, 5) is 36.9. The molecule has 2 aromatic rings. The average Bonchev–Trinajstić information content (AvgIpc) is 2.95. The molecule has 0 spiro atoms. The van der Waals surface area contributed by atoms with Gasteiger partial charge in [0.1, 0.15) is 5.75 Å². The first-order valence-electron chi connectivity index (χ1n) is 13.6. The molecule has 0 aliphatic carbocycles. The molecule has 1 unspecified atom stereocenters. The fourth-order valence-corrected chi connectivity index (χ4v) is 5.19. The molecule has 1 aromatic carbocycles. The van der Waals surface area contributed by atoms with Crippen molar-refractivity contribution in [3.8, 4) is 5.75 Å². The molecule has 12 nitrogen and oxygen atoms in total. The van der Waals surface area contributed by atoms with Crippen molar-refractivity contribution in [3.63, 3.8) is 0 Å². The molecule has 2 fully saturated rings. The summed E-state index contributed by atoms with van der Waals surface area (Å²) in [6.45, 7) is 3.07. The molecular weight excluding hydrogens is 538 g/mol. The number of carbonyl (C=O) groups excluding carboxylic acids is 2. The molecule has 3 heterocycles. The number of aryl methyl sites for hydroxylation is 1. The van der Waals surface area contributed by atoms with Crippen LogP contribution in [0.5, 0.6) is 5.75 Å². The lowest BCUT2D eigenvalue weighted by Crippen LogP contribution is -2.49. The number of halogens is 1. The second kappa shape index (κ2) is 13.4. The van der Waals surface area contributed by atoms with Crippen LogP contribution in [0.25, 0.3) is 0 Å². The van der Waals surface area contributed by atoms with E-state index >= 15 is 0 Å². The van der Waals surface area contributed by atoms with Gasteiger partial charge in [-0.05, 0) is 69.3 Å². The number of nitrogens with two attached hydrogens (primary N) is 2. The summed E-state index contributed by atoms with van der Waals surface area (Å²) in [6.07, 6.45) is 4.41. The van der Waals surface area contributed by atoms with Gasteiger partial charge in [-0.3, -0.25) is 9.59 Å². The zero-order valence-corrected chi connectivity index (χ0v) is 23.3. The van der Waals surface area contributed by atoms with Crippen molar-refractivity contribution in [1.29, 1.82) is 0 Å². The topological polar surface area (TPSA) is 180 Å². The molecule has 13 heteroatoms. The van der Waals surface area contributed by atoms with Gasteiger partial charge in [-0.1, -0.05) is 23.7 Å². The number of aliphatic hydroxyl groups excluding tert-OH is 1. The number of anilines is 2. The first kappa shape index (κ1) is 29.8. The van der Waals surface area contributed by atoms with Crippen LogP contribution in [0.2, 0.25) is 5.15 Å². The van der Waals surface area contributed by atoms with Gasteiger partial charge in [-0.25, -0.2) is 9.97 Å².